The number of carbonyl (C=O) groups excluding carboxylic acids is 1. The summed E-state index contributed by atoms with van der Waals surface area (Å²) in [7, 11) is 1.95. The molecule has 0 fully saturated rings. The Morgan fingerprint density at radius 1 is 1.43 bits per heavy atom. The second-order valence-corrected chi connectivity index (χ2v) is 5.31. The molecule has 2 aromatic rings. The Morgan fingerprint density at radius 3 is 2.90 bits per heavy atom. The first kappa shape index (κ1) is 15.4. The van der Waals surface area contributed by atoms with Gasteiger partial charge in [-0.2, -0.15) is 0 Å². The molecule has 0 radical (unpaired) electrons. The van der Waals surface area contributed by atoms with Gasteiger partial charge in [0.15, 0.2) is 0 Å². The molecule has 1 heterocycles. The minimum absolute atomic E-state index is 0.0827. The number of amides is 1. The summed E-state index contributed by atoms with van der Waals surface area (Å²) in [5.74, 6) is -0.0827. The maximum atomic E-state index is 11.9. The normalized spacial score (nSPS) is 10.8. The lowest BCUT2D eigenvalue weighted by Crippen LogP contribution is -2.23. The number of rotatable bonds is 6. The van der Waals surface area contributed by atoms with Crippen LogP contribution in [-0.4, -0.2) is 24.4 Å². The van der Waals surface area contributed by atoms with E-state index in [1.165, 1.54) is 0 Å². The molecule has 0 aliphatic carbocycles. The predicted molar refractivity (Wildman–Crippen MR) is 84.2 cm³/mol. The SMILES string of the molecule is CN(CCC(=O)Nc1ccc(N)cc1Cl)Cc1ccoc1. The zero-order valence-corrected chi connectivity index (χ0v) is 12.6. The van der Waals surface area contributed by atoms with E-state index < -0.39 is 0 Å². The standard InChI is InChI=1S/C15H18ClN3O2/c1-19(9-11-5-7-21-10-11)6-4-15(20)18-14-3-2-12(17)8-13(14)16/h2-3,5,7-8,10H,4,6,9,17H2,1H3,(H,18,20). The first-order valence-electron chi connectivity index (χ1n) is 6.59. The van der Waals surface area contributed by atoms with E-state index in [9.17, 15) is 4.79 Å². The summed E-state index contributed by atoms with van der Waals surface area (Å²) in [6.07, 6.45) is 3.72. The Labute approximate surface area is 128 Å². The van der Waals surface area contributed by atoms with E-state index in [-0.39, 0.29) is 5.91 Å². The van der Waals surface area contributed by atoms with Crippen molar-refractivity contribution >= 4 is 28.9 Å². The summed E-state index contributed by atoms with van der Waals surface area (Å²) < 4.78 is 5.01. The fourth-order valence-corrected chi connectivity index (χ4v) is 2.15. The number of benzene rings is 1. The van der Waals surface area contributed by atoms with Crippen LogP contribution in [0.2, 0.25) is 5.02 Å². The summed E-state index contributed by atoms with van der Waals surface area (Å²) in [4.78, 5) is 14.0. The number of hydrogen-bond donors (Lipinski definition) is 2. The lowest BCUT2D eigenvalue weighted by molar-refractivity contribution is -0.116. The van der Waals surface area contributed by atoms with Crippen molar-refractivity contribution in [3.8, 4) is 0 Å². The maximum absolute atomic E-state index is 11.9. The highest BCUT2D eigenvalue weighted by molar-refractivity contribution is 6.34. The van der Waals surface area contributed by atoms with E-state index in [1.54, 1.807) is 30.7 Å². The molecular weight excluding hydrogens is 290 g/mol. The summed E-state index contributed by atoms with van der Waals surface area (Å²) in [5, 5.41) is 3.22. The third kappa shape index (κ3) is 4.81. The second-order valence-electron chi connectivity index (χ2n) is 4.91. The molecule has 0 saturated heterocycles. The largest absolute Gasteiger partial charge is 0.472 e. The molecule has 5 nitrogen and oxygen atoms in total. The van der Waals surface area contributed by atoms with Crippen molar-refractivity contribution in [1.82, 2.24) is 4.90 Å². The first-order chi connectivity index (χ1) is 10.0. The van der Waals surface area contributed by atoms with E-state index in [4.69, 9.17) is 21.8 Å². The third-order valence-corrected chi connectivity index (χ3v) is 3.33. The number of nitrogen functional groups attached to an aromatic ring is 1. The van der Waals surface area contributed by atoms with Crippen LogP contribution in [0.3, 0.4) is 0 Å². The summed E-state index contributed by atoms with van der Waals surface area (Å²) >= 11 is 6.02. The van der Waals surface area contributed by atoms with Gasteiger partial charge in [-0.25, -0.2) is 0 Å². The number of nitrogens with two attached hydrogens (primary N) is 1. The zero-order valence-electron chi connectivity index (χ0n) is 11.8. The van der Waals surface area contributed by atoms with Crippen molar-refractivity contribution in [1.29, 1.82) is 0 Å². The fraction of sp³-hybridized carbons (Fsp3) is 0.267. The van der Waals surface area contributed by atoms with E-state index in [2.05, 4.69) is 10.2 Å². The summed E-state index contributed by atoms with van der Waals surface area (Å²) in [6.45, 7) is 1.38. The molecular formula is C15H18ClN3O2. The van der Waals surface area contributed by atoms with E-state index >= 15 is 0 Å². The van der Waals surface area contributed by atoms with Crippen molar-refractivity contribution in [3.63, 3.8) is 0 Å². The summed E-state index contributed by atoms with van der Waals surface area (Å²) in [6, 6.07) is 6.92. The zero-order chi connectivity index (χ0) is 15.2. The van der Waals surface area contributed by atoms with Crippen molar-refractivity contribution in [2.45, 2.75) is 13.0 Å². The van der Waals surface area contributed by atoms with Crippen molar-refractivity contribution < 1.29 is 9.21 Å². The van der Waals surface area contributed by atoms with Crippen LogP contribution < -0.4 is 11.1 Å². The highest BCUT2D eigenvalue weighted by Gasteiger charge is 2.08. The van der Waals surface area contributed by atoms with Crippen molar-refractivity contribution in [2.75, 3.05) is 24.6 Å². The number of nitrogens with zero attached hydrogens (tertiary/aromatic N) is 1. The van der Waals surface area contributed by atoms with Crippen LogP contribution >= 0.6 is 11.6 Å². The quantitative estimate of drug-likeness (QED) is 0.805. The first-order valence-corrected chi connectivity index (χ1v) is 6.97. The van der Waals surface area contributed by atoms with Gasteiger partial charge in [-0.1, -0.05) is 11.6 Å². The molecule has 112 valence electrons. The number of furan rings is 1. The molecule has 3 N–H and O–H groups in total. The van der Waals surface area contributed by atoms with Gasteiger partial charge < -0.3 is 20.4 Å². The van der Waals surface area contributed by atoms with Crippen LogP contribution in [0.25, 0.3) is 0 Å². The topological polar surface area (TPSA) is 71.5 Å². The minimum Gasteiger partial charge on any atom is -0.472 e. The van der Waals surface area contributed by atoms with E-state index in [0.717, 1.165) is 12.1 Å². The number of hydrogen-bond acceptors (Lipinski definition) is 4. The van der Waals surface area contributed by atoms with Crippen LogP contribution in [0, 0.1) is 0 Å². The van der Waals surface area contributed by atoms with Gasteiger partial charge in [-0.15, -0.1) is 0 Å². The highest BCUT2D eigenvalue weighted by Crippen LogP contribution is 2.24. The smallest absolute Gasteiger partial charge is 0.225 e. The Morgan fingerprint density at radius 2 is 2.24 bits per heavy atom. The van der Waals surface area contributed by atoms with Gasteiger partial charge in [0.2, 0.25) is 5.91 Å². The molecule has 0 atom stereocenters. The fourth-order valence-electron chi connectivity index (χ4n) is 1.91. The molecule has 6 heteroatoms. The minimum atomic E-state index is -0.0827. The molecule has 1 aromatic carbocycles. The molecule has 1 aromatic heterocycles. The molecule has 0 saturated carbocycles. The lowest BCUT2D eigenvalue weighted by atomic mass is 10.2. The van der Waals surface area contributed by atoms with Crippen LogP contribution in [0.1, 0.15) is 12.0 Å². The van der Waals surface area contributed by atoms with Crippen LogP contribution in [0.15, 0.2) is 41.2 Å². The number of halogens is 1. The monoisotopic (exact) mass is 307 g/mol. The average Bonchev–Trinajstić information content (AvgIpc) is 2.92. The average molecular weight is 308 g/mol. The molecule has 0 unspecified atom stereocenters. The second kappa shape index (κ2) is 7.15. The maximum Gasteiger partial charge on any atom is 0.225 e. The van der Waals surface area contributed by atoms with Gasteiger partial charge in [0.05, 0.1) is 23.2 Å². The Bertz CT molecular complexity index is 599. The molecule has 0 bridgehead atoms. The number of carbonyl (C=O) groups is 1. The van der Waals surface area contributed by atoms with Crippen LogP contribution in [-0.2, 0) is 11.3 Å². The molecule has 0 spiro atoms. The van der Waals surface area contributed by atoms with E-state index in [0.29, 0.717) is 29.4 Å². The van der Waals surface area contributed by atoms with Gasteiger partial charge in [0.1, 0.15) is 0 Å². The van der Waals surface area contributed by atoms with E-state index in [1.807, 2.05) is 13.1 Å². The Kier molecular flexibility index (Phi) is 5.25. The third-order valence-electron chi connectivity index (χ3n) is 3.02. The van der Waals surface area contributed by atoms with Gasteiger partial charge >= 0.3 is 0 Å². The Hall–Kier alpha value is -1.98. The van der Waals surface area contributed by atoms with Gasteiger partial charge in [-0.05, 0) is 31.3 Å². The number of nitrogens with one attached hydrogen (secondary N) is 1. The predicted octanol–water partition coefficient (Wildman–Crippen LogP) is 2.98. The van der Waals surface area contributed by atoms with Gasteiger partial charge in [0, 0.05) is 30.8 Å². The van der Waals surface area contributed by atoms with Crippen molar-refractivity contribution in [3.05, 3.63) is 47.4 Å². The molecule has 2 rings (SSSR count). The summed E-state index contributed by atoms with van der Waals surface area (Å²) in [5.41, 5.74) is 7.84. The molecule has 0 aliphatic rings. The van der Waals surface area contributed by atoms with Crippen LogP contribution in [0.5, 0.6) is 0 Å². The molecule has 1 amide bonds. The molecule has 21 heavy (non-hydrogen) atoms. The highest BCUT2D eigenvalue weighted by atomic mass is 35.5. The van der Waals surface area contributed by atoms with Crippen LogP contribution in [0.4, 0.5) is 11.4 Å². The lowest BCUT2D eigenvalue weighted by Gasteiger charge is -2.15. The van der Waals surface area contributed by atoms with Gasteiger partial charge in [0.25, 0.3) is 0 Å². The number of anilines is 2. The van der Waals surface area contributed by atoms with Crippen molar-refractivity contribution in [2.24, 2.45) is 0 Å². The Balaban J connectivity index is 1.79. The molecule has 0 aliphatic heterocycles. The van der Waals surface area contributed by atoms with Gasteiger partial charge in [-0.3, -0.25) is 4.79 Å².